The van der Waals surface area contributed by atoms with E-state index in [9.17, 15) is 9.90 Å². The predicted molar refractivity (Wildman–Crippen MR) is 65.3 cm³/mol. The van der Waals surface area contributed by atoms with Crippen LogP contribution in [0, 0.1) is 19.8 Å². The number of aryl methyl sites for hydroxylation is 2. The van der Waals surface area contributed by atoms with Crippen LogP contribution < -0.4 is 5.32 Å². The topological polar surface area (TPSA) is 95.3 Å². The van der Waals surface area contributed by atoms with Gasteiger partial charge in [0.2, 0.25) is 5.95 Å². The van der Waals surface area contributed by atoms with Crippen molar-refractivity contribution in [1.29, 1.82) is 0 Å². The molecule has 3 unspecified atom stereocenters. The van der Waals surface area contributed by atoms with E-state index in [1.807, 2.05) is 19.9 Å². The van der Waals surface area contributed by atoms with E-state index in [-0.39, 0.29) is 12.5 Å². The van der Waals surface area contributed by atoms with Crippen molar-refractivity contribution in [2.24, 2.45) is 5.92 Å². The van der Waals surface area contributed by atoms with E-state index in [1.54, 1.807) is 0 Å². The van der Waals surface area contributed by atoms with Crippen LogP contribution in [0.25, 0.3) is 0 Å². The summed E-state index contributed by atoms with van der Waals surface area (Å²) in [5.74, 6) is -0.911. The van der Waals surface area contributed by atoms with Gasteiger partial charge in [0.1, 0.15) is 0 Å². The number of aliphatic hydroxyl groups is 1. The number of aliphatic hydroxyl groups excluding tert-OH is 1. The number of aromatic nitrogens is 2. The summed E-state index contributed by atoms with van der Waals surface area (Å²) >= 11 is 0. The SMILES string of the molecule is Cc1cc(C)nc(NC2CC(C(=O)O)CC2O)n1. The summed E-state index contributed by atoms with van der Waals surface area (Å²) in [7, 11) is 0. The van der Waals surface area contributed by atoms with Gasteiger partial charge in [-0.05, 0) is 32.8 Å². The van der Waals surface area contributed by atoms with E-state index >= 15 is 0 Å². The molecule has 2 rings (SSSR count). The lowest BCUT2D eigenvalue weighted by molar-refractivity contribution is -0.141. The Bertz CT molecular complexity index is 444. The van der Waals surface area contributed by atoms with Crippen molar-refractivity contribution in [2.45, 2.75) is 38.8 Å². The molecule has 18 heavy (non-hydrogen) atoms. The molecular weight excluding hydrogens is 234 g/mol. The minimum Gasteiger partial charge on any atom is -0.481 e. The lowest BCUT2D eigenvalue weighted by Crippen LogP contribution is -2.29. The summed E-state index contributed by atoms with van der Waals surface area (Å²) in [6, 6.07) is 1.56. The van der Waals surface area contributed by atoms with Gasteiger partial charge in [-0.1, -0.05) is 0 Å². The molecule has 1 heterocycles. The van der Waals surface area contributed by atoms with Crippen molar-refractivity contribution < 1.29 is 15.0 Å². The molecule has 6 nitrogen and oxygen atoms in total. The maximum atomic E-state index is 10.9. The second kappa shape index (κ2) is 4.89. The van der Waals surface area contributed by atoms with Gasteiger partial charge in [0, 0.05) is 11.4 Å². The average Bonchev–Trinajstić information content (AvgIpc) is 2.59. The highest BCUT2D eigenvalue weighted by Crippen LogP contribution is 2.28. The van der Waals surface area contributed by atoms with Crippen molar-refractivity contribution in [1.82, 2.24) is 9.97 Å². The van der Waals surface area contributed by atoms with Gasteiger partial charge in [0.15, 0.2) is 0 Å². The van der Waals surface area contributed by atoms with Crippen LogP contribution in [0.4, 0.5) is 5.95 Å². The molecular formula is C12H17N3O3. The standard InChI is InChI=1S/C12H17N3O3/c1-6-3-7(2)14-12(13-6)15-9-4-8(11(17)18)5-10(9)16/h3,8-10,16H,4-5H2,1-2H3,(H,17,18)(H,13,14,15). The van der Waals surface area contributed by atoms with Crippen LogP contribution in [0.5, 0.6) is 0 Å². The van der Waals surface area contributed by atoms with E-state index in [1.165, 1.54) is 0 Å². The first kappa shape index (κ1) is 12.8. The minimum absolute atomic E-state index is 0.276. The third-order valence-corrected chi connectivity index (χ3v) is 3.17. The molecule has 0 amide bonds. The number of nitrogens with zero attached hydrogens (tertiary/aromatic N) is 2. The molecule has 3 atom stereocenters. The van der Waals surface area contributed by atoms with Gasteiger partial charge in [-0.15, -0.1) is 0 Å². The molecule has 1 aromatic heterocycles. The Kier molecular flexibility index (Phi) is 3.47. The molecule has 6 heteroatoms. The molecule has 1 aliphatic rings. The number of carboxylic acids is 1. The first-order chi connectivity index (χ1) is 8.45. The zero-order valence-corrected chi connectivity index (χ0v) is 10.4. The zero-order chi connectivity index (χ0) is 13.3. The number of carboxylic acid groups (broad SMARTS) is 1. The molecule has 0 spiro atoms. The smallest absolute Gasteiger partial charge is 0.306 e. The van der Waals surface area contributed by atoms with Crippen LogP contribution >= 0.6 is 0 Å². The fraction of sp³-hybridized carbons (Fsp3) is 0.583. The molecule has 0 bridgehead atoms. The number of hydrogen-bond acceptors (Lipinski definition) is 5. The number of nitrogens with one attached hydrogen (secondary N) is 1. The Hall–Kier alpha value is -1.69. The molecule has 1 fully saturated rings. The third kappa shape index (κ3) is 2.76. The Morgan fingerprint density at radius 3 is 2.44 bits per heavy atom. The largest absolute Gasteiger partial charge is 0.481 e. The number of rotatable bonds is 3. The van der Waals surface area contributed by atoms with Gasteiger partial charge < -0.3 is 15.5 Å². The number of aliphatic carboxylic acids is 1. The lowest BCUT2D eigenvalue weighted by atomic mass is 10.1. The highest BCUT2D eigenvalue weighted by atomic mass is 16.4. The molecule has 1 aliphatic carbocycles. The van der Waals surface area contributed by atoms with E-state index in [4.69, 9.17) is 5.11 Å². The summed E-state index contributed by atoms with van der Waals surface area (Å²) in [6.07, 6.45) is 0.000461. The molecule has 1 saturated carbocycles. The van der Waals surface area contributed by atoms with Crippen LogP contribution in [-0.2, 0) is 4.79 Å². The lowest BCUT2D eigenvalue weighted by Gasteiger charge is -2.16. The van der Waals surface area contributed by atoms with Crippen molar-refractivity contribution in [2.75, 3.05) is 5.32 Å². The fourth-order valence-corrected chi connectivity index (χ4v) is 2.33. The minimum atomic E-state index is -0.861. The van der Waals surface area contributed by atoms with Crippen LogP contribution in [-0.4, -0.2) is 38.3 Å². The maximum absolute atomic E-state index is 10.9. The van der Waals surface area contributed by atoms with E-state index < -0.39 is 18.0 Å². The monoisotopic (exact) mass is 251 g/mol. The maximum Gasteiger partial charge on any atom is 0.306 e. The average molecular weight is 251 g/mol. The summed E-state index contributed by atoms with van der Waals surface area (Å²) in [6.45, 7) is 3.73. The summed E-state index contributed by atoms with van der Waals surface area (Å²) in [4.78, 5) is 19.3. The summed E-state index contributed by atoms with van der Waals surface area (Å²) in [5.41, 5.74) is 1.68. The second-order valence-corrected chi connectivity index (χ2v) is 4.80. The first-order valence-electron chi connectivity index (χ1n) is 5.95. The van der Waals surface area contributed by atoms with Crippen LogP contribution in [0.15, 0.2) is 6.07 Å². The Labute approximate surface area is 105 Å². The van der Waals surface area contributed by atoms with Gasteiger partial charge in [-0.3, -0.25) is 4.79 Å². The normalized spacial score (nSPS) is 27.2. The van der Waals surface area contributed by atoms with Crippen molar-refractivity contribution in [3.05, 3.63) is 17.5 Å². The van der Waals surface area contributed by atoms with Crippen LogP contribution in [0.2, 0.25) is 0 Å². The second-order valence-electron chi connectivity index (χ2n) is 4.80. The molecule has 0 aromatic carbocycles. The highest BCUT2D eigenvalue weighted by Gasteiger charge is 2.37. The van der Waals surface area contributed by atoms with Crippen molar-refractivity contribution in [3.8, 4) is 0 Å². The molecule has 1 aromatic rings. The molecule has 3 N–H and O–H groups in total. The van der Waals surface area contributed by atoms with Crippen molar-refractivity contribution in [3.63, 3.8) is 0 Å². The van der Waals surface area contributed by atoms with Gasteiger partial charge in [-0.25, -0.2) is 9.97 Å². The molecule has 98 valence electrons. The van der Waals surface area contributed by atoms with E-state index in [2.05, 4.69) is 15.3 Å². The van der Waals surface area contributed by atoms with Crippen molar-refractivity contribution >= 4 is 11.9 Å². The number of hydrogen-bond donors (Lipinski definition) is 3. The third-order valence-electron chi connectivity index (χ3n) is 3.17. The fourth-order valence-electron chi connectivity index (χ4n) is 2.33. The first-order valence-corrected chi connectivity index (χ1v) is 5.95. The quantitative estimate of drug-likeness (QED) is 0.733. The van der Waals surface area contributed by atoms with E-state index in [0.29, 0.717) is 12.4 Å². The summed E-state index contributed by atoms with van der Waals surface area (Å²) < 4.78 is 0. The van der Waals surface area contributed by atoms with Gasteiger partial charge >= 0.3 is 5.97 Å². The van der Waals surface area contributed by atoms with Gasteiger partial charge in [0.25, 0.3) is 0 Å². The Balaban J connectivity index is 2.07. The van der Waals surface area contributed by atoms with Crippen LogP contribution in [0.3, 0.4) is 0 Å². The Morgan fingerprint density at radius 1 is 1.33 bits per heavy atom. The van der Waals surface area contributed by atoms with Gasteiger partial charge in [-0.2, -0.15) is 0 Å². The highest BCUT2D eigenvalue weighted by molar-refractivity contribution is 5.70. The van der Waals surface area contributed by atoms with Crippen LogP contribution in [0.1, 0.15) is 24.2 Å². The number of carbonyl (C=O) groups is 1. The van der Waals surface area contributed by atoms with E-state index in [0.717, 1.165) is 11.4 Å². The molecule has 0 aliphatic heterocycles. The number of anilines is 1. The molecule has 0 radical (unpaired) electrons. The zero-order valence-electron chi connectivity index (χ0n) is 10.4. The predicted octanol–water partition coefficient (Wildman–Crippen LogP) is 0.729. The Morgan fingerprint density at radius 2 is 1.94 bits per heavy atom. The van der Waals surface area contributed by atoms with Gasteiger partial charge in [0.05, 0.1) is 18.1 Å². The molecule has 0 saturated heterocycles. The summed E-state index contributed by atoms with van der Waals surface area (Å²) in [5, 5.41) is 21.8.